The summed E-state index contributed by atoms with van der Waals surface area (Å²) in [6.07, 6.45) is -1.10. The van der Waals surface area contributed by atoms with Crippen molar-refractivity contribution < 1.29 is 13.2 Å². The lowest BCUT2D eigenvalue weighted by molar-refractivity contribution is -0.137. The van der Waals surface area contributed by atoms with E-state index in [0.29, 0.717) is 28.2 Å². The van der Waals surface area contributed by atoms with Crippen LogP contribution < -0.4 is 16.0 Å². The van der Waals surface area contributed by atoms with E-state index in [-0.39, 0.29) is 5.69 Å². The molecule has 0 aliphatic rings. The maximum atomic E-state index is 13.3. The molecular weight excluding hydrogens is 443 g/mol. The Labute approximate surface area is 194 Å². The van der Waals surface area contributed by atoms with Crippen molar-refractivity contribution in [1.82, 2.24) is 19.9 Å². The Morgan fingerprint density at radius 2 is 1.71 bits per heavy atom. The fourth-order valence-electron chi connectivity index (χ4n) is 3.73. The highest BCUT2D eigenvalue weighted by Gasteiger charge is 2.31. The van der Waals surface area contributed by atoms with Crippen molar-refractivity contribution in [1.29, 1.82) is 0 Å². The Morgan fingerprint density at radius 3 is 2.35 bits per heavy atom. The van der Waals surface area contributed by atoms with Crippen LogP contribution in [0.2, 0.25) is 0 Å². The van der Waals surface area contributed by atoms with Gasteiger partial charge in [-0.05, 0) is 61.4 Å². The largest absolute Gasteiger partial charge is 0.416 e. The smallest absolute Gasteiger partial charge is 0.399 e. The van der Waals surface area contributed by atoms with Crippen molar-refractivity contribution in [3.8, 4) is 11.1 Å². The van der Waals surface area contributed by atoms with Crippen LogP contribution in [0.3, 0.4) is 0 Å². The van der Waals surface area contributed by atoms with E-state index in [4.69, 9.17) is 10.7 Å². The topological polar surface area (TPSA) is 92.8 Å². The maximum absolute atomic E-state index is 13.3. The molecule has 1 aromatic carbocycles. The van der Waals surface area contributed by atoms with E-state index >= 15 is 0 Å². The van der Waals surface area contributed by atoms with Crippen LogP contribution in [0.4, 0.5) is 30.5 Å². The number of hydrogen-bond acceptors (Lipinski definition) is 7. The summed E-state index contributed by atoms with van der Waals surface area (Å²) in [6.45, 7) is 3.49. The van der Waals surface area contributed by atoms with Gasteiger partial charge in [-0.2, -0.15) is 13.2 Å². The van der Waals surface area contributed by atoms with Gasteiger partial charge < -0.3 is 16.0 Å². The van der Waals surface area contributed by atoms with Crippen LogP contribution in [0.1, 0.15) is 29.9 Å². The van der Waals surface area contributed by atoms with E-state index in [1.807, 2.05) is 37.2 Å². The van der Waals surface area contributed by atoms with Gasteiger partial charge in [0.2, 0.25) is 0 Å². The van der Waals surface area contributed by atoms with Crippen LogP contribution in [0.15, 0.2) is 48.8 Å². The number of nitrogens with two attached hydrogens (primary N) is 1. The molecule has 0 bridgehead atoms. The van der Waals surface area contributed by atoms with Crippen LogP contribution in [-0.2, 0) is 6.18 Å². The molecule has 0 spiro atoms. The number of nitrogen functional groups attached to an aromatic ring is 1. The molecule has 0 aliphatic heterocycles. The van der Waals surface area contributed by atoms with Crippen molar-refractivity contribution in [3.05, 3.63) is 65.7 Å². The van der Waals surface area contributed by atoms with Crippen molar-refractivity contribution >= 4 is 28.4 Å². The Balaban J connectivity index is 1.82. The summed E-state index contributed by atoms with van der Waals surface area (Å²) >= 11 is 0. The fraction of sp³-hybridized carbons (Fsp3) is 0.250. The van der Waals surface area contributed by atoms with Crippen molar-refractivity contribution in [2.45, 2.75) is 26.1 Å². The molecule has 0 radical (unpaired) electrons. The first-order chi connectivity index (χ1) is 16.0. The van der Waals surface area contributed by atoms with Gasteiger partial charge in [-0.15, -0.1) is 0 Å². The number of benzene rings is 1. The molecule has 4 aromatic rings. The fourth-order valence-corrected chi connectivity index (χ4v) is 3.73. The number of hydrogen-bond donors (Lipinski definition) is 2. The SMILES string of the molecule is Cc1nc(N[C@H](C)c2cc(N)cc(C(F)(F)F)c2)c2cc(-c3ccncc3)c(N(C)C)nc2n1. The molecule has 3 N–H and O–H groups in total. The minimum atomic E-state index is -4.49. The lowest BCUT2D eigenvalue weighted by Gasteiger charge is -2.21. The highest BCUT2D eigenvalue weighted by molar-refractivity contribution is 5.94. The third kappa shape index (κ3) is 4.70. The number of alkyl halides is 3. The highest BCUT2D eigenvalue weighted by Crippen LogP contribution is 2.36. The van der Waals surface area contributed by atoms with Gasteiger partial charge in [-0.25, -0.2) is 15.0 Å². The van der Waals surface area contributed by atoms with E-state index in [2.05, 4.69) is 20.3 Å². The third-order valence-corrected chi connectivity index (χ3v) is 5.35. The minimum absolute atomic E-state index is 0.0412. The first-order valence-corrected chi connectivity index (χ1v) is 10.5. The summed E-state index contributed by atoms with van der Waals surface area (Å²) in [5.41, 5.74) is 7.64. The summed E-state index contributed by atoms with van der Waals surface area (Å²) in [7, 11) is 3.79. The number of aromatic nitrogens is 4. The van der Waals surface area contributed by atoms with E-state index in [1.54, 1.807) is 26.2 Å². The van der Waals surface area contributed by atoms with Gasteiger partial charge in [0.25, 0.3) is 0 Å². The second-order valence-corrected chi connectivity index (χ2v) is 8.23. The summed E-state index contributed by atoms with van der Waals surface area (Å²) in [5, 5.41) is 3.88. The van der Waals surface area contributed by atoms with Gasteiger partial charge in [0, 0.05) is 37.7 Å². The van der Waals surface area contributed by atoms with Crippen molar-refractivity contribution in [2.24, 2.45) is 0 Å². The molecular formula is C24H24F3N7. The molecule has 0 saturated heterocycles. The van der Waals surface area contributed by atoms with Crippen molar-refractivity contribution in [3.63, 3.8) is 0 Å². The number of aryl methyl sites for hydroxylation is 1. The van der Waals surface area contributed by atoms with E-state index in [0.717, 1.165) is 29.1 Å². The Kier molecular flexibility index (Phi) is 5.99. The van der Waals surface area contributed by atoms with Crippen LogP contribution >= 0.6 is 0 Å². The standard InChI is InChI=1S/C24H24F3N7/c1-13(16-9-17(24(25,26)27)11-18(28)10-16)30-21-20-12-19(15-5-7-29-8-6-15)23(34(3)4)33-22(20)32-14(2)31-21/h5-13H,28H2,1-4H3,(H,30,31,32,33)/t13-/m1/s1. The zero-order valence-electron chi connectivity index (χ0n) is 19.1. The predicted molar refractivity (Wildman–Crippen MR) is 128 cm³/mol. The van der Waals surface area contributed by atoms with Gasteiger partial charge in [-0.3, -0.25) is 4.98 Å². The average Bonchev–Trinajstić information content (AvgIpc) is 2.77. The van der Waals surface area contributed by atoms with E-state index < -0.39 is 17.8 Å². The Hall–Kier alpha value is -3.95. The zero-order chi connectivity index (χ0) is 24.6. The van der Waals surface area contributed by atoms with Gasteiger partial charge in [0.1, 0.15) is 17.5 Å². The van der Waals surface area contributed by atoms with E-state index in [9.17, 15) is 13.2 Å². The molecule has 0 aliphatic carbocycles. The van der Waals surface area contributed by atoms with E-state index in [1.165, 1.54) is 6.07 Å². The van der Waals surface area contributed by atoms with Gasteiger partial charge in [0.05, 0.1) is 17.0 Å². The molecule has 0 saturated carbocycles. The third-order valence-electron chi connectivity index (χ3n) is 5.35. The molecule has 0 fully saturated rings. The second-order valence-electron chi connectivity index (χ2n) is 8.23. The average molecular weight is 467 g/mol. The second kappa shape index (κ2) is 8.77. The molecule has 4 rings (SSSR count). The number of nitrogens with zero attached hydrogens (tertiary/aromatic N) is 5. The Morgan fingerprint density at radius 1 is 1.00 bits per heavy atom. The number of rotatable bonds is 5. The molecule has 0 amide bonds. The van der Waals surface area contributed by atoms with Crippen LogP contribution in [0.5, 0.6) is 0 Å². The zero-order valence-corrected chi connectivity index (χ0v) is 19.1. The first kappa shape index (κ1) is 23.2. The maximum Gasteiger partial charge on any atom is 0.416 e. The molecule has 3 heterocycles. The molecule has 0 unspecified atom stereocenters. The quantitative estimate of drug-likeness (QED) is 0.388. The monoisotopic (exact) mass is 467 g/mol. The normalized spacial score (nSPS) is 12.6. The molecule has 1 atom stereocenters. The number of nitrogens with one attached hydrogen (secondary N) is 1. The number of fused-ring (bicyclic) bond motifs is 1. The molecule has 7 nitrogen and oxygen atoms in total. The number of anilines is 3. The van der Waals surface area contributed by atoms with Crippen LogP contribution in [0, 0.1) is 6.92 Å². The van der Waals surface area contributed by atoms with Gasteiger partial charge >= 0.3 is 6.18 Å². The predicted octanol–water partition coefficient (Wildman–Crippen LogP) is 5.24. The first-order valence-electron chi connectivity index (χ1n) is 10.5. The summed E-state index contributed by atoms with van der Waals surface area (Å²) in [4.78, 5) is 19.7. The molecule has 176 valence electrons. The number of halogens is 3. The summed E-state index contributed by atoms with van der Waals surface area (Å²) in [6, 6.07) is 8.72. The van der Waals surface area contributed by atoms with Crippen LogP contribution in [0.25, 0.3) is 22.2 Å². The molecule has 10 heteroatoms. The minimum Gasteiger partial charge on any atom is -0.399 e. The Bertz CT molecular complexity index is 1340. The van der Waals surface area contributed by atoms with Crippen molar-refractivity contribution in [2.75, 3.05) is 30.0 Å². The molecule has 3 aromatic heterocycles. The van der Waals surface area contributed by atoms with Gasteiger partial charge in [0.15, 0.2) is 5.65 Å². The molecule has 34 heavy (non-hydrogen) atoms. The summed E-state index contributed by atoms with van der Waals surface area (Å²) < 4.78 is 39.9. The lowest BCUT2D eigenvalue weighted by atomic mass is 10.0. The summed E-state index contributed by atoms with van der Waals surface area (Å²) in [5.74, 6) is 1.68. The highest BCUT2D eigenvalue weighted by atomic mass is 19.4. The lowest BCUT2D eigenvalue weighted by Crippen LogP contribution is -2.15. The van der Waals surface area contributed by atoms with Gasteiger partial charge in [-0.1, -0.05) is 0 Å². The number of pyridine rings is 2. The van der Waals surface area contributed by atoms with Crippen LogP contribution in [-0.4, -0.2) is 34.0 Å².